The number of aryl methyl sites for hydroxylation is 2. The van der Waals surface area contributed by atoms with Crippen molar-refractivity contribution in [2.45, 2.75) is 51.2 Å². The summed E-state index contributed by atoms with van der Waals surface area (Å²) >= 11 is 0. The molecule has 1 aromatic heterocycles. The highest BCUT2D eigenvalue weighted by Gasteiger charge is 2.36. The summed E-state index contributed by atoms with van der Waals surface area (Å²) in [6, 6.07) is 19.0. The zero-order chi connectivity index (χ0) is 32.9. The summed E-state index contributed by atoms with van der Waals surface area (Å²) in [4.78, 5) is 16.8. The Kier molecular flexibility index (Phi) is 10.0. The van der Waals surface area contributed by atoms with E-state index in [-0.39, 0.29) is 25.6 Å². The van der Waals surface area contributed by atoms with E-state index in [1.54, 1.807) is 38.1 Å². The average molecular weight is 658 g/mol. The molecule has 0 bridgehead atoms. The van der Waals surface area contributed by atoms with E-state index in [1.165, 1.54) is 12.1 Å². The Hall–Kier alpha value is -4.36. The van der Waals surface area contributed by atoms with Crippen LogP contribution in [-0.2, 0) is 45.1 Å². The van der Waals surface area contributed by atoms with Crippen molar-refractivity contribution in [2.24, 2.45) is 0 Å². The molecule has 2 heterocycles. The second kappa shape index (κ2) is 14.0. The molecule has 0 aliphatic carbocycles. The van der Waals surface area contributed by atoms with Gasteiger partial charge < -0.3 is 19.2 Å². The summed E-state index contributed by atoms with van der Waals surface area (Å²) in [5, 5.41) is 2.23. The van der Waals surface area contributed by atoms with E-state index in [1.807, 2.05) is 24.3 Å². The van der Waals surface area contributed by atoms with Crippen LogP contribution in [0.2, 0.25) is 0 Å². The zero-order valence-corrected chi connectivity index (χ0v) is 26.2. The van der Waals surface area contributed by atoms with Gasteiger partial charge in [0.05, 0.1) is 24.5 Å². The van der Waals surface area contributed by atoms with E-state index in [9.17, 15) is 26.4 Å². The van der Waals surface area contributed by atoms with E-state index >= 15 is 0 Å². The third-order valence-corrected chi connectivity index (χ3v) is 9.63. The summed E-state index contributed by atoms with van der Waals surface area (Å²) < 4.78 is 83.8. The number of nitrogens with one attached hydrogen (secondary N) is 1. The van der Waals surface area contributed by atoms with Crippen LogP contribution in [0.1, 0.15) is 41.5 Å². The van der Waals surface area contributed by atoms with Crippen molar-refractivity contribution in [1.29, 1.82) is 0 Å². The highest BCUT2D eigenvalue weighted by molar-refractivity contribution is 7.89. The minimum atomic E-state index is -4.43. The molecule has 0 radical (unpaired) electrons. The molecule has 5 rings (SSSR count). The Morgan fingerprint density at radius 1 is 1.07 bits per heavy atom. The number of oxazole rings is 1. The first kappa shape index (κ1) is 33.0. The number of fused-ring (bicyclic) bond motifs is 1. The first-order chi connectivity index (χ1) is 21.9. The van der Waals surface area contributed by atoms with Gasteiger partial charge in [0.25, 0.3) is 0 Å². The van der Waals surface area contributed by atoms with E-state index < -0.39 is 39.7 Å². The molecule has 0 saturated heterocycles. The lowest BCUT2D eigenvalue weighted by Gasteiger charge is -2.31. The lowest BCUT2D eigenvalue weighted by atomic mass is 10.0. The van der Waals surface area contributed by atoms with Crippen LogP contribution in [0.25, 0.3) is 11.5 Å². The number of rotatable bonds is 12. The number of hydrogen-bond donors (Lipinski definition) is 1. The Balaban J connectivity index is 1.20. The topological polar surface area (TPSA) is 111 Å². The monoisotopic (exact) mass is 657 g/mol. The molecular formula is C33H34F3N3O6S. The molecule has 1 atom stereocenters. The van der Waals surface area contributed by atoms with Gasteiger partial charge in [-0.05, 0) is 80.3 Å². The number of esters is 1. The molecule has 244 valence electrons. The number of hydrogen-bond acceptors (Lipinski definition) is 8. The van der Waals surface area contributed by atoms with E-state index in [0.29, 0.717) is 47.6 Å². The van der Waals surface area contributed by atoms with Gasteiger partial charge >= 0.3 is 12.1 Å². The second-order valence-corrected chi connectivity index (χ2v) is 12.9. The Labute approximate surface area is 265 Å². The van der Waals surface area contributed by atoms with Crippen molar-refractivity contribution in [2.75, 3.05) is 25.1 Å². The van der Waals surface area contributed by atoms with Gasteiger partial charge in [-0.3, -0.25) is 4.79 Å². The predicted octanol–water partition coefficient (Wildman–Crippen LogP) is 6.37. The van der Waals surface area contributed by atoms with Crippen LogP contribution in [-0.4, -0.2) is 48.8 Å². The van der Waals surface area contributed by atoms with E-state index in [0.717, 1.165) is 27.7 Å². The van der Waals surface area contributed by atoms with Crippen molar-refractivity contribution in [3.63, 3.8) is 0 Å². The molecule has 0 fully saturated rings. The SMILES string of the molecule is CCOC(=O)CN(Cc1ccc(OCCc2nc(-c3ccc(C(F)(F)F)cc3)oc2C)cc1)S(=O)(=O)C1CCc2ccccc2N1. The number of nitrogens with zero attached hydrogens (tertiary/aromatic N) is 2. The van der Waals surface area contributed by atoms with Crippen LogP contribution in [0, 0.1) is 6.92 Å². The number of alkyl halides is 3. The van der Waals surface area contributed by atoms with Crippen molar-refractivity contribution >= 4 is 21.7 Å². The van der Waals surface area contributed by atoms with Gasteiger partial charge in [-0.15, -0.1) is 0 Å². The molecule has 1 aliphatic rings. The molecule has 9 nitrogen and oxygen atoms in total. The molecular weight excluding hydrogens is 623 g/mol. The first-order valence-corrected chi connectivity index (χ1v) is 16.3. The van der Waals surface area contributed by atoms with Crippen LogP contribution < -0.4 is 10.1 Å². The number of ether oxygens (including phenoxy) is 2. The highest BCUT2D eigenvalue weighted by Crippen LogP contribution is 2.32. The van der Waals surface area contributed by atoms with Crippen LogP contribution >= 0.6 is 0 Å². The van der Waals surface area contributed by atoms with Crippen molar-refractivity contribution in [3.05, 3.63) is 101 Å². The van der Waals surface area contributed by atoms with Gasteiger partial charge in [-0.25, -0.2) is 13.4 Å². The third kappa shape index (κ3) is 7.88. The fourth-order valence-corrected chi connectivity index (χ4v) is 6.81. The third-order valence-electron chi connectivity index (χ3n) is 7.58. The summed E-state index contributed by atoms with van der Waals surface area (Å²) in [6.45, 7) is 3.32. The number of aromatic nitrogens is 1. The van der Waals surface area contributed by atoms with Gasteiger partial charge in [0.1, 0.15) is 23.4 Å². The Morgan fingerprint density at radius 3 is 2.48 bits per heavy atom. The quantitative estimate of drug-likeness (QED) is 0.175. The molecule has 1 aliphatic heterocycles. The van der Waals surface area contributed by atoms with Gasteiger partial charge in [-0.2, -0.15) is 17.5 Å². The maximum atomic E-state index is 13.7. The fraction of sp³-hybridized carbons (Fsp3) is 0.333. The molecule has 46 heavy (non-hydrogen) atoms. The zero-order valence-electron chi connectivity index (χ0n) is 25.3. The lowest BCUT2D eigenvalue weighted by molar-refractivity contribution is -0.143. The van der Waals surface area contributed by atoms with Gasteiger partial charge in [0.15, 0.2) is 0 Å². The van der Waals surface area contributed by atoms with Gasteiger partial charge in [-0.1, -0.05) is 30.3 Å². The van der Waals surface area contributed by atoms with Gasteiger partial charge in [0.2, 0.25) is 15.9 Å². The lowest BCUT2D eigenvalue weighted by Crippen LogP contribution is -2.46. The molecule has 0 amide bonds. The van der Waals surface area contributed by atoms with Crippen LogP contribution in [0.5, 0.6) is 5.75 Å². The number of para-hydroxylation sites is 1. The number of anilines is 1. The van der Waals surface area contributed by atoms with Crippen LogP contribution in [0.4, 0.5) is 18.9 Å². The minimum Gasteiger partial charge on any atom is -0.493 e. The second-order valence-electron chi connectivity index (χ2n) is 10.8. The average Bonchev–Trinajstić information content (AvgIpc) is 3.41. The number of sulfonamides is 1. The normalized spacial score (nSPS) is 14.9. The molecule has 1 N–H and O–H groups in total. The summed E-state index contributed by atoms with van der Waals surface area (Å²) in [6.07, 6.45) is -3.08. The molecule has 3 aromatic carbocycles. The maximum Gasteiger partial charge on any atom is 0.416 e. The molecule has 0 saturated carbocycles. The molecule has 4 aromatic rings. The van der Waals surface area contributed by atoms with Crippen LogP contribution in [0.15, 0.2) is 77.2 Å². The van der Waals surface area contributed by atoms with Crippen molar-refractivity contribution in [3.8, 4) is 17.2 Å². The summed E-state index contributed by atoms with van der Waals surface area (Å²) in [5.74, 6) is 0.665. The summed E-state index contributed by atoms with van der Waals surface area (Å²) in [7, 11) is -3.94. The number of benzene rings is 3. The van der Waals surface area contributed by atoms with E-state index in [2.05, 4.69) is 10.3 Å². The number of carbonyl (C=O) groups excluding carboxylic acids is 1. The largest absolute Gasteiger partial charge is 0.493 e. The minimum absolute atomic E-state index is 0.0356. The van der Waals surface area contributed by atoms with Gasteiger partial charge in [0, 0.05) is 24.2 Å². The molecule has 0 spiro atoms. The molecule has 1 unspecified atom stereocenters. The smallest absolute Gasteiger partial charge is 0.416 e. The number of halogens is 3. The Bertz CT molecular complexity index is 1760. The standard InChI is InChI=1S/C33H34F3N3O6S/c1-3-43-31(40)21-39(46(41,42)30-17-12-24-6-4-5-7-29(24)37-30)20-23-8-15-27(16-9-23)44-19-18-28-22(2)45-32(38-28)25-10-13-26(14-11-25)33(34,35)36/h4-11,13-16,30,37H,3,12,17-21H2,1-2H3. The molecule has 13 heteroatoms. The number of carbonyl (C=O) groups is 1. The highest BCUT2D eigenvalue weighted by atomic mass is 32.2. The summed E-state index contributed by atoms with van der Waals surface area (Å²) in [5.41, 5.74) is 2.76. The predicted molar refractivity (Wildman–Crippen MR) is 165 cm³/mol. The van der Waals surface area contributed by atoms with Crippen molar-refractivity contribution in [1.82, 2.24) is 9.29 Å². The van der Waals surface area contributed by atoms with Crippen LogP contribution in [0.3, 0.4) is 0 Å². The van der Waals surface area contributed by atoms with Crippen molar-refractivity contribution < 1.29 is 40.3 Å². The maximum absolute atomic E-state index is 13.7. The first-order valence-electron chi connectivity index (χ1n) is 14.8. The van der Waals surface area contributed by atoms with E-state index in [4.69, 9.17) is 13.9 Å². The fourth-order valence-electron chi connectivity index (χ4n) is 5.15. The Morgan fingerprint density at radius 2 is 1.78 bits per heavy atom.